The summed E-state index contributed by atoms with van der Waals surface area (Å²) in [6.45, 7) is 0. The minimum Gasteiger partial charge on any atom is -0.508 e. The van der Waals surface area contributed by atoms with E-state index in [2.05, 4.69) is 10.4 Å². The van der Waals surface area contributed by atoms with Crippen LogP contribution in [-0.4, -0.2) is 49.7 Å². The number of imide groups is 4. The molecule has 3 aromatic rings. The molecule has 49 heavy (non-hydrogen) atoms. The Hall–Kier alpha value is -4.95. The number of pyridine rings is 1. The van der Waals surface area contributed by atoms with E-state index in [-0.39, 0.29) is 18.6 Å². The van der Waals surface area contributed by atoms with Crippen LogP contribution in [0.5, 0.6) is 5.75 Å². The van der Waals surface area contributed by atoms with Gasteiger partial charge in [-0.1, -0.05) is 59.1 Å². The number of carbonyl (C=O) groups is 5. The van der Waals surface area contributed by atoms with Crippen LogP contribution < -0.4 is 11.2 Å². The summed E-state index contributed by atoms with van der Waals surface area (Å²) in [6.07, 6.45) is -2.65. The number of benzene rings is 2. The molecule has 11 nitrogen and oxygen atoms in total. The normalized spacial score (nSPS) is 27.9. The first-order valence-electron chi connectivity index (χ1n) is 15.0. The van der Waals surface area contributed by atoms with Crippen LogP contribution in [0.1, 0.15) is 35.4 Å². The molecule has 1 aromatic heterocycles. The molecule has 0 unspecified atom stereocenters. The van der Waals surface area contributed by atoms with Crippen molar-refractivity contribution in [1.82, 2.24) is 14.9 Å². The maximum atomic E-state index is 15.0. The third-order valence-electron chi connectivity index (χ3n) is 9.98. The summed E-state index contributed by atoms with van der Waals surface area (Å²) >= 11 is 12.4. The molecule has 2 aliphatic carbocycles. The van der Waals surface area contributed by atoms with Gasteiger partial charge in [0.1, 0.15) is 5.75 Å². The predicted molar refractivity (Wildman–Crippen MR) is 166 cm³/mol. The van der Waals surface area contributed by atoms with Crippen molar-refractivity contribution >= 4 is 58.7 Å². The number of hydrogen-bond donors (Lipinski definition) is 3. The number of phenols is 1. The quantitative estimate of drug-likeness (QED) is 0.246. The SMILES string of the molecule is NC(=O)N1C(=O)[C@H]2[C@H](CC=C3[C@H]2C[C@H]2C(=O)N(Nc4ncc(C(F)(F)F)cc4Cl)C(=O)[C@@]2(c2ccc(Cl)cc2)[C@H]3c2cccc(O)c2)C1=O. The highest BCUT2D eigenvalue weighted by molar-refractivity contribution is 6.33. The number of urea groups is 1. The molecular formula is C33H24Cl2F3N5O6. The number of carbonyl (C=O) groups excluding carboxylic acids is 5. The molecule has 2 saturated heterocycles. The van der Waals surface area contributed by atoms with Crippen molar-refractivity contribution in [1.29, 1.82) is 0 Å². The monoisotopic (exact) mass is 713 g/mol. The molecule has 2 aromatic carbocycles. The van der Waals surface area contributed by atoms with E-state index < -0.39 is 87.2 Å². The Balaban J connectivity index is 1.43. The van der Waals surface area contributed by atoms with Gasteiger partial charge in [0.15, 0.2) is 5.82 Å². The number of alkyl halides is 3. The number of likely N-dealkylation sites (tertiary alicyclic amines) is 1. The number of aromatic nitrogens is 1. The molecule has 0 bridgehead atoms. The minimum atomic E-state index is -4.76. The van der Waals surface area contributed by atoms with Gasteiger partial charge in [-0.05, 0) is 60.2 Å². The number of rotatable bonds is 4. The first kappa shape index (κ1) is 32.6. The number of halogens is 5. The number of nitrogens with one attached hydrogen (secondary N) is 1. The van der Waals surface area contributed by atoms with Crippen molar-refractivity contribution in [2.75, 3.05) is 5.43 Å². The van der Waals surface area contributed by atoms with Gasteiger partial charge in [-0.3, -0.25) is 24.6 Å². The van der Waals surface area contributed by atoms with E-state index in [4.69, 9.17) is 28.9 Å². The van der Waals surface area contributed by atoms with Gasteiger partial charge in [0.05, 0.1) is 33.8 Å². The molecule has 6 amide bonds. The molecular weight excluding hydrogens is 690 g/mol. The first-order chi connectivity index (χ1) is 23.2. The molecule has 0 spiro atoms. The van der Waals surface area contributed by atoms with Crippen LogP contribution in [0.2, 0.25) is 10.0 Å². The van der Waals surface area contributed by atoms with Crippen LogP contribution >= 0.6 is 23.2 Å². The van der Waals surface area contributed by atoms with Gasteiger partial charge >= 0.3 is 12.2 Å². The summed E-state index contributed by atoms with van der Waals surface area (Å²) < 4.78 is 40.0. The number of phenolic OH excluding ortho intramolecular Hbond substituents is 1. The molecule has 1 saturated carbocycles. The highest BCUT2D eigenvalue weighted by Gasteiger charge is 2.70. The summed E-state index contributed by atoms with van der Waals surface area (Å²) in [5.74, 6) is -8.91. The fourth-order valence-electron chi connectivity index (χ4n) is 8.08. The molecule has 16 heteroatoms. The Bertz CT molecular complexity index is 2010. The molecule has 252 valence electrons. The van der Waals surface area contributed by atoms with Gasteiger partial charge in [-0.25, -0.2) is 9.78 Å². The number of nitrogens with two attached hydrogens (primary N) is 1. The third-order valence-corrected chi connectivity index (χ3v) is 10.5. The molecule has 0 radical (unpaired) electrons. The minimum absolute atomic E-state index is 0.0245. The van der Waals surface area contributed by atoms with E-state index in [1.807, 2.05) is 0 Å². The van der Waals surface area contributed by atoms with Crippen molar-refractivity contribution < 1.29 is 42.3 Å². The van der Waals surface area contributed by atoms with Gasteiger partial charge in [0.2, 0.25) is 11.8 Å². The zero-order chi connectivity index (χ0) is 35.2. The lowest BCUT2D eigenvalue weighted by Crippen LogP contribution is -2.53. The Labute approximate surface area is 285 Å². The van der Waals surface area contributed by atoms with Crippen molar-refractivity contribution in [3.63, 3.8) is 0 Å². The number of primary amides is 1. The van der Waals surface area contributed by atoms with E-state index >= 15 is 4.79 Å². The van der Waals surface area contributed by atoms with Crippen LogP contribution in [0.25, 0.3) is 0 Å². The number of allylic oxidation sites excluding steroid dienone is 2. The molecule has 3 fully saturated rings. The summed E-state index contributed by atoms with van der Waals surface area (Å²) in [7, 11) is 0. The topological polar surface area (TPSA) is 163 Å². The lowest BCUT2D eigenvalue weighted by Gasteiger charge is -2.50. The summed E-state index contributed by atoms with van der Waals surface area (Å²) in [4.78, 5) is 72.7. The summed E-state index contributed by atoms with van der Waals surface area (Å²) in [5.41, 5.74) is 6.29. The van der Waals surface area contributed by atoms with Crippen LogP contribution in [-0.2, 0) is 30.8 Å². The lowest BCUT2D eigenvalue weighted by atomic mass is 9.49. The summed E-state index contributed by atoms with van der Waals surface area (Å²) in [6, 6.07) is 11.6. The number of nitrogens with zero attached hydrogens (tertiary/aromatic N) is 3. The largest absolute Gasteiger partial charge is 0.508 e. The fourth-order valence-corrected chi connectivity index (χ4v) is 8.41. The molecule has 2 aliphatic heterocycles. The number of hydrazine groups is 1. The van der Waals surface area contributed by atoms with E-state index in [0.717, 1.165) is 0 Å². The van der Waals surface area contributed by atoms with E-state index in [9.17, 15) is 37.5 Å². The predicted octanol–water partition coefficient (Wildman–Crippen LogP) is 5.18. The van der Waals surface area contributed by atoms with Gasteiger partial charge in [0, 0.05) is 17.1 Å². The average molecular weight is 714 g/mol. The van der Waals surface area contributed by atoms with E-state index in [0.29, 0.717) is 43.9 Å². The number of anilines is 1. The van der Waals surface area contributed by atoms with Crippen molar-refractivity contribution in [3.8, 4) is 5.75 Å². The standard InChI is InChI=1S/C33H24Cl2F3N5O6/c34-17-6-4-15(5-7-17)32-22(28(46)43(30(32)48)41-26-23(35)11-16(13-40-26)33(36,37)38)12-21-19(25(32)14-2-1-3-18(44)10-14)8-9-20-24(21)29(47)42(27(20)45)31(39)49/h1-8,10-11,13,20-22,24-25,44H,9,12H2,(H2,39,49)(H,40,41)/t20-,21+,22-,24-,25-,32+/m0/s1. The molecule has 4 aliphatic rings. The smallest absolute Gasteiger partial charge is 0.417 e. The van der Waals surface area contributed by atoms with Gasteiger partial charge in [-0.15, -0.1) is 0 Å². The fraction of sp³-hybridized carbons (Fsp3) is 0.273. The second kappa shape index (κ2) is 11.3. The second-order valence-corrected chi connectivity index (χ2v) is 13.2. The number of fused-ring (bicyclic) bond motifs is 4. The number of amides is 6. The maximum Gasteiger partial charge on any atom is 0.417 e. The Morgan fingerprint density at radius 2 is 1.71 bits per heavy atom. The van der Waals surface area contributed by atoms with Crippen molar-refractivity contribution in [2.24, 2.45) is 29.4 Å². The highest BCUT2D eigenvalue weighted by Crippen LogP contribution is 2.64. The van der Waals surface area contributed by atoms with Crippen LogP contribution in [0, 0.1) is 23.7 Å². The zero-order valence-corrected chi connectivity index (χ0v) is 26.5. The average Bonchev–Trinajstić information content (AvgIpc) is 3.42. The highest BCUT2D eigenvalue weighted by atomic mass is 35.5. The van der Waals surface area contributed by atoms with Gasteiger partial charge in [-0.2, -0.15) is 23.1 Å². The van der Waals surface area contributed by atoms with E-state index in [1.165, 1.54) is 24.3 Å². The molecule has 7 rings (SSSR count). The zero-order valence-electron chi connectivity index (χ0n) is 24.9. The number of hydrogen-bond acceptors (Lipinski definition) is 8. The second-order valence-electron chi connectivity index (χ2n) is 12.4. The van der Waals surface area contributed by atoms with E-state index in [1.54, 1.807) is 30.3 Å². The van der Waals surface area contributed by atoms with Gasteiger partial charge < -0.3 is 10.8 Å². The Morgan fingerprint density at radius 1 is 1.00 bits per heavy atom. The van der Waals surface area contributed by atoms with Crippen LogP contribution in [0.4, 0.5) is 23.8 Å². The summed E-state index contributed by atoms with van der Waals surface area (Å²) in [5, 5.41) is 11.1. The van der Waals surface area contributed by atoms with Gasteiger partial charge in [0.25, 0.3) is 11.8 Å². The van der Waals surface area contributed by atoms with Crippen molar-refractivity contribution in [3.05, 3.63) is 99.2 Å². The number of aromatic hydroxyl groups is 1. The third kappa shape index (κ3) is 4.79. The maximum absolute atomic E-state index is 15.0. The lowest BCUT2D eigenvalue weighted by molar-refractivity contribution is -0.140. The van der Waals surface area contributed by atoms with Crippen LogP contribution in [0.15, 0.2) is 72.4 Å². The van der Waals surface area contributed by atoms with Crippen molar-refractivity contribution in [2.45, 2.75) is 30.4 Å². The van der Waals surface area contributed by atoms with Crippen LogP contribution in [0.3, 0.4) is 0 Å². The molecule has 4 N–H and O–H groups in total. The molecule has 3 heterocycles. The molecule has 6 atom stereocenters. The Kier molecular flexibility index (Phi) is 7.52. The Morgan fingerprint density at radius 3 is 2.35 bits per heavy atom. The first-order valence-corrected chi connectivity index (χ1v) is 15.7.